The normalized spacial score (nSPS) is 17.0. The molecule has 2 aromatic rings. The fraction of sp³-hybridized carbons (Fsp3) is 0.429. The molecule has 118 valence electrons. The summed E-state index contributed by atoms with van der Waals surface area (Å²) in [7, 11) is 0. The summed E-state index contributed by atoms with van der Waals surface area (Å²) < 4.78 is 37.8. The molecule has 4 nitrogen and oxygen atoms in total. The topological polar surface area (TPSA) is 32.3 Å². The highest BCUT2D eigenvalue weighted by atomic mass is 32.1. The molecule has 1 saturated heterocycles. The Morgan fingerprint density at radius 1 is 1.09 bits per heavy atom. The van der Waals surface area contributed by atoms with E-state index in [1.165, 1.54) is 0 Å². The monoisotopic (exact) mass is 328 g/mol. The van der Waals surface area contributed by atoms with Gasteiger partial charge in [-0.2, -0.15) is 13.2 Å². The first-order valence-electron chi connectivity index (χ1n) is 6.92. The highest BCUT2D eigenvalue weighted by molar-refractivity contribution is 7.15. The highest BCUT2D eigenvalue weighted by Crippen LogP contribution is 2.36. The van der Waals surface area contributed by atoms with Crippen LogP contribution < -0.4 is 4.90 Å². The molecule has 0 saturated carbocycles. The van der Waals surface area contributed by atoms with E-state index in [2.05, 4.69) is 14.9 Å². The van der Waals surface area contributed by atoms with Crippen molar-refractivity contribution in [1.29, 1.82) is 0 Å². The van der Waals surface area contributed by atoms with Crippen molar-refractivity contribution >= 4 is 16.5 Å². The van der Waals surface area contributed by atoms with E-state index in [-0.39, 0.29) is 0 Å². The Kier molecular flexibility index (Phi) is 4.30. The Morgan fingerprint density at radius 3 is 2.45 bits per heavy atom. The summed E-state index contributed by atoms with van der Waals surface area (Å²) in [6, 6.07) is 5.80. The van der Waals surface area contributed by atoms with Gasteiger partial charge in [-0.1, -0.05) is 17.4 Å². The number of anilines is 1. The standard InChI is InChI=1S/C14H15F3N4S/c15-14(16,17)12-9-19-13(22-12)21-7-5-20(6-8-21)10-11-3-1-2-4-18-11/h1-4,9H,5-8,10H2. The first-order chi connectivity index (χ1) is 10.5. The maximum atomic E-state index is 12.6. The lowest BCUT2D eigenvalue weighted by atomic mass is 10.3. The van der Waals surface area contributed by atoms with Gasteiger partial charge in [0.05, 0.1) is 11.9 Å². The van der Waals surface area contributed by atoms with Crippen molar-refractivity contribution in [2.75, 3.05) is 31.1 Å². The predicted octanol–water partition coefficient (Wildman–Crippen LogP) is 2.88. The van der Waals surface area contributed by atoms with E-state index in [1.54, 1.807) is 6.20 Å². The molecule has 0 bridgehead atoms. The molecule has 0 N–H and O–H groups in total. The zero-order valence-electron chi connectivity index (χ0n) is 11.8. The number of alkyl halides is 3. The van der Waals surface area contributed by atoms with Crippen molar-refractivity contribution in [3.63, 3.8) is 0 Å². The van der Waals surface area contributed by atoms with Crippen molar-refractivity contribution in [3.05, 3.63) is 41.2 Å². The second-order valence-corrected chi connectivity index (χ2v) is 6.10. The molecule has 1 fully saturated rings. The van der Waals surface area contributed by atoms with Crippen molar-refractivity contribution in [2.45, 2.75) is 12.7 Å². The zero-order valence-corrected chi connectivity index (χ0v) is 12.6. The molecule has 1 aliphatic heterocycles. The number of halogens is 3. The summed E-state index contributed by atoms with van der Waals surface area (Å²) in [5, 5.41) is 0.449. The van der Waals surface area contributed by atoms with Gasteiger partial charge in [0.15, 0.2) is 5.13 Å². The van der Waals surface area contributed by atoms with Crippen LogP contribution in [-0.4, -0.2) is 41.0 Å². The minimum absolute atomic E-state index is 0.449. The summed E-state index contributed by atoms with van der Waals surface area (Å²) in [4.78, 5) is 11.7. The molecule has 1 aliphatic rings. The number of rotatable bonds is 3. The van der Waals surface area contributed by atoms with Gasteiger partial charge in [-0.05, 0) is 12.1 Å². The smallest absolute Gasteiger partial charge is 0.346 e. The van der Waals surface area contributed by atoms with E-state index < -0.39 is 11.1 Å². The number of pyridine rings is 1. The third kappa shape index (κ3) is 3.56. The fourth-order valence-corrected chi connectivity index (χ4v) is 3.20. The maximum Gasteiger partial charge on any atom is 0.427 e. The van der Waals surface area contributed by atoms with Crippen LogP contribution in [0.4, 0.5) is 18.3 Å². The van der Waals surface area contributed by atoms with Crippen LogP contribution >= 0.6 is 11.3 Å². The molecule has 0 spiro atoms. The van der Waals surface area contributed by atoms with Gasteiger partial charge in [0.25, 0.3) is 0 Å². The molecule has 2 aromatic heterocycles. The van der Waals surface area contributed by atoms with Crippen LogP contribution in [0.5, 0.6) is 0 Å². The van der Waals surface area contributed by atoms with Gasteiger partial charge >= 0.3 is 6.18 Å². The average Bonchev–Trinajstić information content (AvgIpc) is 2.99. The Bertz CT molecular complexity index is 606. The quantitative estimate of drug-likeness (QED) is 0.867. The van der Waals surface area contributed by atoms with Crippen LogP contribution in [0.15, 0.2) is 30.6 Å². The zero-order chi connectivity index (χ0) is 15.6. The largest absolute Gasteiger partial charge is 0.427 e. The predicted molar refractivity (Wildman–Crippen MR) is 78.8 cm³/mol. The van der Waals surface area contributed by atoms with Gasteiger partial charge in [-0.3, -0.25) is 9.88 Å². The van der Waals surface area contributed by atoms with E-state index in [4.69, 9.17) is 0 Å². The van der Waals surface area contributed by atoms with E-state index in [1.807, 2.05) is 23.1 Å². The summed E-state index contributed by atoms with van der Waals surface area (Å²) in [5.74, 6) is 0. The van der Waals surface area contributed by atoms with Crippen LogP contribution in [0, 0.1) is 0 Å². The highest BCUT2D eigenvalue weighted by Gasteiger charge is 2.34. The number of thiazole rings is 1. The van der Waals surface area contributed by atoms with E-state index in [0.29, 0.717) is 29.6 Å². The van der Waals surface area contributed by atoms with Crippen molar-refractivity contribution in [1.82, 2.24) is 14.9 Å². The fourth-order valence-electron chi connectivity index (χ4n) is 2.36. The minimum Gasteiger partial charge on any atom is -0.346 e. The molecule has 0 unspecified atom stereocenters. The Hall–Kier alpha value is -1.67. The van der Waals surface area contributed by atoms with Crippen molar-refractivity contribution in [2.24, 2.45) is 0 Å². The molecule has 22 heavy (non-hydrogen) atoms. The van der Waals surface area contributed by atoms with Gasteiger partial charge < -0.3 is 4.90 Å². The van der Waals surface area contributed by atoms with Crippen LogP contribution in [-0.2, 0) is 12.7 Å². The Morgan fingerprint density at radius 2 is 1.86 bits per heavy atom. The number of aromatic nitrogens is 2. The van der Waals surface area contributed by atoms with Gasteiger partial charge in [0.1, 0.15) is 4.88 Å². The Balaban J connectivity index is 1.56. The lowest BCUT2D eigenvalue weighted by Crippen LogP contribution is -2.46. The molecule has 0 atom stereocenters. The summed E-state index contributed by atoms with van der Waals surface area (Å²) in [6.45, 7) is 3.70. The van der Waals surface area contributed by atoms with Gasteiger partial charge in [0, 0.05) is 38.9 Å². The van der Waals surface area contributed by atoms with Crippen LogP contribution in [0.2, 0.25) is 0 Å². The summed E-state index contributed by atoms with van der Waals surface area (Å²) in [6.07, 6.45) is -1.63. The minimum atomic E-state index is -4.31. The lowest BCUT2D eigenvalue weighted by molar-refractivity contribution is -0.134. The van der Waals surface area contributed by atoms with Crippen LogP contribution in [0.25, 0.3) is 0 Å². The number of hydrogen-bond acceptors (Lipinski definition) is 5. The van der Waals surface area contributed by atoms with E-state index >= 15 is 0 Å². The summed E-state index contributed by atoms with van der Waals surface area (Å²) >= 11 is 0.711. The second-order valence-electron chi connectivity index (χ2n) is 5.09. The molecule has 0 aromatic carbocycles. The SMILES string of the molecule is FC(F)(F)c1cnc(N2CCN(Cc3ccccn3)CC2)s1. The third-order valence-electron chi connectivity index (χ3n) is 3.53. The average molecular weight is 328 g/mol. The molecule has 0 radical (unpaired) electrons. The van der Waals surface area contributed by atoms with E-state index in [0.717, 1.165) is 31.5 Å². The molecule has 3 heterocycles. The van der Waals surface area contributed by atoms with Gasteiger partial charge in [-0.15, -0.1) is 0 Å². The third-order valence-corrected chi connectivity index (χ3v) is 4.63. The molecule has 3 rings (SSSR count). The number of hydrogen-bond donors (Lipinski definition) is 0. The van der Waals surface area contributed by atoms with Gasteiger partial charge in [0.2, 0.25) is 0 Å². The number of piperazine rings is 1. The van der Waals surface area contributed by atoms with Gasteiger partial charge in [-0.25, -0.2) is 4.98 Å². The molecule has 0 aliphatic carbocycles. The molecule has 0 amide bonds. The van der Waals surface area contributed by atoms with Crippen molar-refractivity contribution in [3.8, 4) is 0 Å². The first kappa shape index (κ1) is 15.2. The first-order valence-corrected chi connectivity index (χ1v) is 7.74. The second kappa shape index (κ2) is 6.21. The molecule has 8 heteroatoms. The summed E-state index contributed by atoms with van der Waals surface area (Å²) in [5.41, 5.74) is 1.00. The Labute approximate surface area is 130 Å². The number of nitrogens with zero attached hydrogens (tertiary/aromatic N) is 4. The van der Waals surface area contributed by atoms with Crippen molar-refractivity contribution < 1.29 is 13.2 Å². The van der Waals surface area contributed by atoms with E-state index in [9.17, 15) is 13.2 Å². The molecular weight excluding hydrogens is 313 g/mol. The van der Waals surface area contributed by atoms with Crippen LogP contribution in [0.1, 0.15) is 10.6 Å². The van der Waals surface area contributed by atoms with Crippen LogP contribution in [0.3, 0.4) is 0 Å². The lowest BCUT2D eigenvalue weighted by Gasteiger charge is -2.34. The molecular formula is C14H15F3N4S. The maximum absolute atomic E-state index is 12.6.